The molecule has 2 aromatic carbocycles. The first kappa shape index (κ1) is 17.8. The molecule has 1 heterocycles. The number of amides is 3. The molecule has 0 aliphatic carbocycles. The van der Waals surface area contributed by atoms with Gasteiger partial charge in [0.05, 0.1) is 12.6 Å². The zero-order chi connectivity index (χ0) is 18.8. The summed E-state index contributed by atoms with van der Waals surface area (Å²) in [5, 5.41) is 5.14. The molecule has 26 heavy (non-hydrogen) atoms. The molecule has 3 rings (SSSR count). The van der Waals surface area contributed by atoms with Crippen molar-refractivity contribution < 1.29 is 22.8 Å². The highest BCUT2D eigenvalue weighted by atomic mass is 19.1. The van der Waals surface area contributed by atoms with Gasteiger partial charge in [0, 0.05) is 17.3 Å². The van der Waals surface area contributed by atoms with Gasteiger partial charge < -0.3 is 15.5 Å². The van der Waals surface area contributed by atoms with E-state index in [1.54, 1.807) is 6.92 Å². The number of urea groups is 1. The SMILES string of the molecule is C[C@H](NC(=O)CN1Cc2cc(F)ccc2NC1=O)c1ccc(F)cc1F. The number of carbonyl (C=O) groups is 2. The summed E-state index contributed by atoms with van der Waals surface area (Å²) in [6.45, 7) is 1.34. The summed E-state index contributed by atoms with van der Waals surface area (Å²) in [5.74, 6) is -2.43. The topological polar surface area (TPSA) is 61.4 Å². The number of nitrogens with zero attached hydrogens (tertiary/aromatic N) is 1. The molecular formula is C18H16F3N3O2. The summed E-state index contributed by atoms with van der Waals surface area (Å²) in [6, 6.07) is 5.88. The molecule has 0 bridgehead atoms. The van der Waals surface area contributed by atoms with E-state index in [-0.39, 0.29) is 18.7 Å². The van der Waals surface area contributed by atoms with Crippen LogP contribution in [0.3, 0.4) is 0 Å². The second-order valence-corrected chi connectivity index (χ2v) is 6.04. The Morgan fingerprint density at radius 2 is 1.88 bits per heavy atom. The molecule has 2 N–H and O–H groups in total. The quantitative estimate of drug-likeness (QED) is 0.875. The van der Waals surface area contributed by atoms with Gasteiger partial charge in [0.1, 0.15) is 24.0 Å². The van der Waals surface area contributed by atoms with Crippen molar-refractivity contribution >= 4 is 17.6 Å². The largest absolute Gasteiger partial charge is 0.348 e. The van der Waals surface area contributed by atoms with Gasteiger partial charge in [-0.1, -0.05) is 6.07 Å². The third kappa shape index (κ3) is 3.79. The van der Waals surface area contributed by atoms with Crippen LogP contribution in [-0.2, 0) is 11.3 Å². The van der Waals surface area contributed by atoms with E-state index < -0.39 is 35.4 Å². The fraction of sp³-hybridized carbons (Fsp3) is 0.222. The molecule has 1 aliphatic heterocycles. The van der Waals surface area contributed by atoms with Crippen LogP contribution in [0.25, 0.3) is 0 Å². The van der Waals surface area contributed by atoms with E-state index in [2.05, 4.69) is 10.6 Å². The molecule has 1 atom stereocenters. The summed E-state index contributed by atoms with van der Waals surface area (Å²) in [5.41, 5.74) is 1.18. The van der Waals surface area contributed by atoms with Crippen LogP contribution in [0.4, 0.5) is 23.7 Å². The van der Waals surface area contributed by atoms with Crippen LogP contribution >= 0.6 is 0 Å². The molecule has 136 valence electrons. The summed E-state index contributed by atoms with van der Waals surface area (Å²) < 4.78 is 40.1. The molecule has 0 aromatic heterocycles. The summed E-state index contributed by atoms with van der Waals surface area (Å²) in [6.07, 6.45) is 0. The van der Waals surface area contributed by atoms with Gasteiger partial charge in [-0.15, -0.1) is 0 Å². The van der Waals surface area contributed by atoms with Crippen molar-refractivity contribution in [1.82, 2.24) is 10.2 Å². The Kier molecular flexibility index (Phi) is 4.83. The molecule has 0 unspecified atom stereocenters. The van der Waals surface area contributed by atoms with Crippen molar-refractivity contribution in [3.05, 3.63) is 65.0 Å². The van der Waals surface area contributed by atoms with Crippen LogP contribution in [0.1, 0.15) is 24.1 Å². The Balaban J connectivity index is 1.65. The highest BCUT2D eigenvalue weighted by Gasteiger charge is 2.25. The van der Waals surface area contributed by atoms with Gasteiger partial charge in [0.2, 0.25) is 5.91 Å². The number of anilines is 1. The van der Waals surface area contributed by atoms with Crippen molar-refractivity contribution in [3.8, 4) is 0 Å². The van der Waals surface area contributed by atoms with E-state index in [1.165, 1.54) is 29.2 Å². The van der Waals surface area contributed by atoms with E-state index >= 15 is 0 Å². The van der Waals surface area contributed by atoms with Crippen LogP contribution in [0, 0.1) is 17.5 Å². The number of rotatable bonds is 4. The van der Waals surface area contributed by atoms with Crippen LogP contribution < -0.4 is 10.6 Å². The first-order valence-electron chi connectivity index (χ1n) is 7.92. The lowest BCUT2D eigenvalue weighted by Crippen LogP contribution is -2.45. The summed E-state index contributed by atoms with van der Waals surface area (Å²) in [4.78, 5) is 25.5. The number of hydrogen-bond acceptors (Lipinski definition) is 2. The minimum Gasteiger partial charge on any atom is -0.348 e. The molecule has 3 amide bonds. The van der Waals surface area contributed by atoms with Crippen LogP contribution in [0.2, 0.25) is 0 Å². The maximum Gasteiger partial charge on any atom is 0.322 e. The molecule has 0 fully saturated rings. The number of fused-ring (bicyclic) bond motifs is 1. The predicted molar refractivity (Wildman–Crippen MR) is 88.7 cm³/mol. The number of benzene rings is 2. The van der Waals surface area contributed by atoms with E-state index in [0.717, 1.165) is 12.1 Å². The Hall–Kier alpha value is -3.03. The summed E-state index contributed by atoms with van der Waals surface area (Å²) in [7, 11) is 0. The third-order valence-corrected chi connectivity index (χ3v) is 4.10. The summed E-state index contributed by atoms with van der Waals surface area (Å²) >= 11 is 0. The second kappa shape index (κ2) is 7.07. The Bertz CT molecular complexity index is 873. The molecule has 0 spiro atoms. The number of carbonyl (C=O) groups excluding carboxylic acids is 2. The first-order chi connectivity index (χ1) is 12.3. The predicted octanol–water partition coefficient (Wildman–Crippen LogP) is 3.33. The van der Waals surface area contributed by atoms with Crippen LogP contribution in [-0.4, -0.2) is 23.4 Å². The minimum absolute atomic E-state index is 0.0750. The van der Waals surface area contributed by atoms with Gasteiger partial charge in [-0.2, -0.15) is 0 Å². The van der Waals surface area contributed by atoms with Gasteiger partial charge in [0.15, 0.2) is 0 Å². The lowest BCUT2D eigenvalue weighted by Gasteiger charge is -2.29. The van der Waals surface area contributed by atoms with Crippen molar-refractivity contribution in [3.63, 3.8) is 0 Å². The van der Waals surface area contributed by atoms with Crippen LogP contribution in [0.15, 0.2) is 36.4 Å². The highest BCUT2D eigenvalue weighted by molar-refractivity contribution is 5.94. The van der Waals surface area contributed by atoms with E-state index in [4.69, 9.17) is 0 Å². The zero-order valence-electron chi connectivity index (χ0n) is 13.9. The van der Waals surface area contributed by atoms with Gasteiger partial charge in [0.25, 0.3) is 0 Å². The van der Waals surface area contributed by atoms with Gasteiger partial charge >= 0.3 is 6.03 Å². The Morgan fingerprint density at radius 1 is 1.19 bits per heavy atom. The van der Waals surface area contributed by atoms with Crippen molar-refractivity contribution in [2.45, 2.75) is 19.5 Å². The van der Waals surface area contributed by atoms with Gasteiger partial charge in [-0.25, -0.2) is 18.0 Å². The molecule has 0 radical (unpaired) electrons. The van der Waals surface area contributed by atoms with E-state index in [9.17, 15) is 22.8 Å². The molecule has 5 nitrogen and oxygen atoms in total. The zero-order valence-corrected chi connectivity index (χ0v) is 13.9. The van der Waals surface area contributed by atoms with E-state index in [1.807, 2.05) is 0 Å². The number of nitrogens with one attached hydrogen (secondary N) is 2. The maximum atomic E-state index is 13.8. The monoisotopic (exact) mass is 363 g/mol. The lowest BCUT2D eigenvalue weighted by atomic mass is 10.1. The minimum atomic E-state index is -0.766. The lowest BCUT2D eigenvalue weighted by molar-refractivity contribution is -0.122. The van der Waals surface area contributed by atoms with Crippen molar-refractivity contribution in [1.29, 1.82) is 0 Å². The standard InChI is InChI=1S/C18H16F3N3O2/c1-10(14-4-2-13(20)7-15(14)21)22-17(25)9-24-8-11-6-12(19)3-5-16(11)23-18(24)26/h2-7,10H,8-9H2,1H3,(H,22,25)(H,23,26)/t10-/m0/s1. The molecular weight excluding hydrogens is 347 g/mol. The van der Waals surface area contributed by atoms with E-state index in [0.29, 0.717) is 11.3 Å². The van der Waals surface area contributed by atoms with Crippen molar-refractivity contribution in [2.24, 2.45) is 0 Å². The smallest absolute Gasteiger partial charge is 0.322 e. The molecule has 0 saturated heterocycles. The van der Waals surface area contributed by atoms with Gasteiger partial charge in [-0.05, 0) is 36.8 Å². The second-order valence-electron chi connectivity index (χ2n) is 6.04. The molecule has 8 heteroatoms. The number of hydrogen-bond donors (Lipinski definition) is 2. The fourth-order valence-electron chi connectivity index (χ4n) is 2.81. The fourth-order valence-corrected chi connectivity index (χ4v) is 2.81. The average Bonchev–Trinajstić information content (AvgIpc) is 2.55. The van der Waals surface area contributed by atoms with Crippen LogP contribution in [0.5, 0.6) is 0 Å². The van der Waals surface area contributed by atoms with Gasteiger partial charge in [-0.3, -0.25) is 4.79 Å². The van der Waals surface area contributed by atoms with Crippen molar-refractivity contribution in [2.75, 3.05) is 11.9 Å². The highest BCUT2D eigenvalue weighted by Crippen LogP contribution is 2.24. The molecule has 1 aliphatic rings. The number of halogens is 3. The first-order valence-corrected chi connectivity index (χ1v) is 7.92. The Morgan fingerprint density at radius 3 is 2.62 bits per heavy atom. The third-order valence-electron chi connectivity index (χ3n) is 4.10. The molecule has 2 aromatic rings. The average molecular weight is 363 g/mol. The Labute approximate surface area is 147 Å². The normalized spacial score (nSPS) is 14.5. The maximum absolute atomic E-state index is 13.8. The molecule has 0 saturated carbocycles.